The van der Waals surface area contributed by atoms with E-state index in [1.54, 1.807) is 0 Å². The first-order chi connectivity index (χ1) is 7.25. The average Bonchev–Trinajstić information content (AvgIpc) is 2.85. The highest BCUT2D eigenvalue weighted by atomic mass is 16.4. The van der Waals surface area contributed by atoms with Crippen LogP contribution < -0.4 is 5.32 Å². The number of rotatable bonds is 4. The smallest absolute Gasteiger partial charge is 0.230 e. The van der Waals surface area contributed by atoms with Gasteiger partial charge in [-0.2, -0.15) is 0 Å². The van der Waals surface area contributed by atoms with Crippen LogP contribution in [0, 0.1) is 0 Å². The summed E-state index contributed by atoms with van der Waals surface area (Å²) < 4.78 is 5.63. The zero-order valence-electron chi connectivity index (χ0n) is 9.49. The van der Waals surface area contributed by atoms with Crippen molar-refractivity contribution in [3.8, 4) is 0 Å². The second kappa shape index (κ2) is 4.75. The zero-order chi connectivity index (χ0) is 10.7. The molecule has 0 aromatic carbocycles. The lowest BCUT2D eigenvalue weighted by atomic mass is 10.1. The van der Waals surface area contributed by atoms with E-state index in [0.717, 1.165) is 5.89 Å². The van der Waals surface area contributed by atoms with Gasteiger partial charge in [0.25, 0.3) is 0 Å². The van der Waals surface area contributed by atoms with Gasteiger partial charge in [0.2, 0.25) is 11.8 Å². The fourth-order valence-corrected chi connectivity index (χ4v) is 1.97. The molecule has 1 aromatic heterocycles. The van der Waals surface area contributed by atoms with Crippen molar-refractivity contribution < 1.29 is 4.42 Å². The summed E-state index contributed by atoms with van der Waals surface area (Å²) in [7, 11) is 0. The highest BCUT2D eigenvalue weighted by Crippen LogP contribution is 2.32. The third kappa shape index (κ3) is 2.78. The third-order valence-electron chi connectivity index (χ3n) is 2.85. The lowest BCUT2D eigenvalue weighted by Gasteiger charge is -2.04. The van der Waals surface area contributed by atoms with Gasteiger partial charge >= 0.3 is 0 Å². The Morgan fingerprint density at radius 3 is 2.73 bits per heavy atom. The molecule has 1 heterocycles. The van der Waals surface area contributed by atoms with Gasteiger partial charge in [0.05, 0.1) is 6.54 Å². The minimum absolute atomic E-state index is 0.451. The van der Waals surface area contributed by atoms with Gasteiger partial charge in [0.15, 0.2) is 0 Å². The molecule has 15 heavy (non-hydrogen) atoms. The standard InChI is InChI=1S/C11H19N3O/c1-8(2)12-7-10-13-14-11(15-10)9-5-3-4-6-9/h8-9,12H,3-7H2,1-2H3. The SMILES string of the molecule is CC(C)NCc1nnc(C2CCCC2)o1. The summed E-state index contributed by atoms with van der Waals surface area (Å²) in [5.41, 5.74) is 0. The molecule has 1 aromatic rings. The van der Waals surface area contributed by atoms with Gasteiger partial charge in [-0.15, -0.1) is 10.2 Å². The fourth-order valence-electron chi connectivity index (χ4n) is 1.97. The Labute approximate surface area is 90.5 Å². The molecule has 1 aliphatic carbocycles. The van der Waals surface area contributed by atoms with Crippen LogP contribution in [-0.2, 0) is 6.54 Å². The number of aromatic nitrogens is 2. The number of hydrogen-bond donors (Lipinski definition) is 1. The number of nitrogens with one attached hydrogen (secondary N) is 1. The summed E-state index contributed by atoms with van der Waals surface area (Å²) in [6.07, 6.45) is 5.01. The summed E-state index contributed by atoms with van der Waals surface area (Å²) in [4.78, 5) is 0. The molecule has 2 rings (SSSR count). The Morgan fingerprint density at radius 1 is 1.33 bits per heavy atom. The van der Waals surface area contributed by atoms with Crippen LogP contribution in [0.5, 0.6) is 0 Å². The Bertz CT molecular complexity index is 303. The molecule has 0 saturated heterocycles. The van der Waals surface area contributed by atoms with E-state index in [1.807, 2.05) is 0 Å². The van der Waals surface area contributed by atoms with E-state index in [-0.39, 0.29) is 0 Å². The van der Waals surface area contributed by atoms with Gasteiger partial charge < -0.3 is 9.73 Å². The van der Waals surface area contributed by atoms with Crippen LogP contribution in [0.3, 0.4) is 0 Å². The van der Waals surface area contributed by atoms with E-state index in [1.165, 1.54) is 25.7 Å². The first-order valence-electron chi connectivity index (χ1n) is 5.81. The monoisotopic (exact) mass is 209 g/mol. The second-order valence-electron chi connectivity index (χ2n) is 4.55. The topological polar surface area (TPSA) is 51.0 Å². The molecule has 1 N–H and O–H groups in total. The molecule has 1 aliphatic rings. The van der Waals surface area contributed by atoms with E-state index in [0.29, 0.717) is 24.4 Å². The molecule has 4 heteroatoms. The van der Waals surface area contributed by atoms with Crippen molar-refractivity contribution in [1.82, 2.24) is 15.5 Å². The molecule has 1 fully saturated rings. The summed E-state index contributed by atoms with van der Waals surface area (Å²) in [5, 5.41) is 11.4. The van der Waals surface area contributed by atoms with Crippen molar-refractivity contribution in [2.75, 3.05) is 0 Å². The van der Waals surface area contributed by atoms with E-state index in [4.69, 9.17) is 4.42 Å². The van der Waals surface area contributed by atoms with Gasteiger partial charge in [0, 0.05) is 12.0 Å². The van der Waals surface area contributed by atoms with Crippen molar-refractivity contribution in [3.63, 3.8) is 0 Å². The van der Waals surface area contributed by atoms with Crippen LogP contribution in [0.15, 0.2) is 4.42 Å². The molecule has 0 atom stereocenters. The summed E-state index contributed by atoms with van der Waals surface area (Å²) >= 11 is 0. The third-order valence-corrected chi connectivity index (χ3v) is 2.85. The van der Waals surface area contributed by atoms with Crippen LogP contribution >= 0.6 is 0 Å². The maximum absolute atomic E-state index is 5.63. The minimum atomic E-state index is 0.451. The molecule has 0 bridgehead atoms. The lowest BCUT2D eigenvalue weighted by molar-refractivity contribution is 0.397. The Morgan fingerprint density at radius 2 is 2.07 bits per heavy atom. The van der Waals surface area contributed by atoms with Gasteiger partial charge in [-0.25, -0.2) is 0 Å². The van der Waals surface area contributed by atoms with Crippen molar-refractivity contribution in [2.45, 2.75) is 58.0 Å². The Hall–Kier alpha value is -0.900. The van der Waals surface area contributed by atoms with Crippen LogP contribution in [-0.4, -0.2) is 16.2 Å². The van der Waals surface area contributed by atoms with Crippen LogP contribution in [0.2, 0.25) is 0 Å². The highest BCUT2D eigenvalue weighted by Gasteiger charge is 2.22. The Kier molecular flexibility index (Phi) is 3.36. The van der Waals surface area contributed by atoms with Crippen LogP contribution in [0.4, 0.5) is 0 Å². The van der Waals surface area contributed by atoms with E-state index >= 15 is 0 Å². The predicted molar refractivity (Wildman–Crippen MR) is 57.5 cm³/mol. The normalized spacial score (nSPS) is 17.8. The van der Waals surface area contributed by atoms with Gasteiger partial charge in [-0.3, -0.25) is 0 Å². The molecular formula is C11H19N3O. The quantitative estimate of drug-likeness (QED) is 0.826. The maximum Gasteiger partial charge on any atom is 0.230 e. The molecule has 0 spiro atoms. The summed E-state index contributed by atoms with van der Waals surface area (Å²) in [6.45, 7) is 4.89. The molecule has 0 aliphatic heterocycles. The van der Waals surface area contributed by atoms with E-state index < -0.39 is 0 Å². The van der Waals surface area contributed by atoms with Crippen LogP contribution in [0.1, 0.15) is 57.2 Å². The predicted octanol–water partition coefficient (Wildman–Crippen LogP) is 2.23. The van der Waals surface area contributed by atoms with E-state index in [2.05, 4.69) is 29.4 Å². The van der Waals surface area contributed by atoms with Gasteiger partial charge in [0.1, 0.15) is 0 Å². The van der Waals surface area contributed by atoms with Gasteiger partial charge in [-0.1, -0.05) is 26.7 Å². The zero-order valence-corrected chi connectivity index (χ0v) is 9.49. The molecule has 84 valence electrons. The first-order valence-corrected chi connectivity index (χ1v) is 5.81. The average molecular weight is 209 g/mol. The highest BCUT2D eigenvalue weighted by molar-refractivity contribution is 4.94. The molecular weight excluding hydrogens is 190 g/mol. The first kappa shape index (κ1) is 10.6. The number of nitrogens with zero attached hydrogens (tertiary/aromatic N) is 2. The largest absolute Gasteiger partial charge is 0.424 e. The van der Waals surface area contributed by atoms with Crippen molar-refractivity contribution in [3.05, 3.63) is 11.8 Å². The van der Waals surface area contributed by atoms with Crippen molar-refractivity contribution in [2.24, 2.45) is 0 Å². The van der Waals surface area contributed by atoms with Gasteiger partial charge in [-0.05, 0) is 12.8 Å². The number of hydrogen-bond acceptors (Lipinski definition) is 4. The second-order valence-corrected chi connectivity index (χ2v) is 4.55. The lowest BCUT2D eigenvalue weighted by Crippen LogP contribution is -2.21. The summed E-state index contributed by atoms with van der Waals surface area (Å²) in [5.74, 6) is 2.07. The van der Waals surface area contributed by atoms with Crippen LogP contribution in [0.25, 0.3) is 0 Å². The minimum Gasteiger partial charge on any atom is -0.424 e. The molecule has 0 amide bonds. The molecule has 4 nitrogen and oxygen atoms in total. The molecule has 1 saturated carbocycles. The Balaban J connectivity index is 1.91. The van der Waals surface area contributed by atoms with E-state index in [9.17, 15) is 0 Å². The maximum atomic E-state index is 5.63. The fraction of sp³-hybridized carbons (Fsp3) is 0.818. The summed E-state index contributed by atoms with van der Waals surface area (Å²) in [6, 6.07) is 0.451. The molecule has 0 radical (unpaired) electrons. The molecule has 0 unspecified atom stereocenters. The van der Waals surface area contributed by atoms with Crippen molar-refractivity contribution >= 4 is 0 Å². The van der Waals surface area contributed by atoms with Crippen molar-refractivity contribution in [1.29, 1.82) is 0 Å².